The van der Waals surface area contributed by atoms with Crippen LogP contribution in [0.1, 0.15) is 12.5 Å². The maximum Gasteiger partial charge on any atom is 0.325 e. The SMILES string of the molecule is Nc1ncnc2c1ncn2[C@@H]1O[C@@H]2COCP(O)(=S)O[C@@H]3[C@H](O)[C@@H](COP(O)(=S)O[C@H]2[C@H]1F)O[C@H]3n1cc(F)c2c(=O)[nH]cnc21. The van der Waals surface area contributed by atoms with Gasteiger partial charge in [0.15, 0.2) is 41.6 Å². The van der Waals surface area contributed by atoms with E-state index in [0.717, 1.165) is 17.1 Å². The predicted octanol–water partition coefficient (Wildman–Crippen LogP) is 0.0729. The lowest BCUT2D eigenvalue weighted by Crippen LogP contribution is -2.37. The van der Waals surface area contributed by atoms with Crippen molar-refractivity contribution in [1.29, 1.82) is 0 Å². The number of nitrogens with one attached hydrogen (secondary N) is 1. The van der Waals surface area contributed by atoms with Crippen LogP contribution in [-0.2, 0) is 51.4 Å². The monoisotopic (exact) mass is 724 g/mol. The number of anilines is 1. The first-order valence-electron chi connectivity index (χ1n) is 13.4. The number of H-pyrrole nitrogens is 1. The van der Waals surface area contributed by atoms with E-state index in [0.29, 0.717) is 0 Å². The molecule has 46 heavy (non-hydrogen) atoms. The summed E-state index contributed by atoms with van der Waals surface area (Å²) in [5, 5.41) is 10.8. The third-order valence-electron chi connectivity index (χ3n) is 7.56. The number of halogens is 2. The molecule has 248 valence electrons. The van der Waals surface area contributed by atoms with Crippen molar-refractivity contribution in [3.8, 4) is 0 Å². The number of nitrogens with zero attached hydrogens (tertiary/aromatic N) is 6. The highest BCUT2D eigenvalue weighted by atomic mass is 32.5. The Labute approximate surface area is 265 Å². The van der Waals surface area contributed by atoms with Gasteiger partial charge in [0, 0.05) is 6.20 Å². The van der Waals surface area contributed by atoms with Gasteiger partial charge in [0.05, 0.1) is 25.9 Å². The first-order valence-corrected chi connectivity index (χ1v) is 18.8. The third-order valence-corrected chi connectivity index (χ3v) is 10.8. The molecule has 7 rings (SSSR count). The number of nitrogens with two attached hydrogens (primary N) is 1. The zero-order chi connectivity index (χ0) is 32.5. The van der Waals surface area contributed by atoms with E-state index in [1.165, 1.54) is 17.2 Å². The van der Waals surface area contributed by atoms with Crippen molar-refractivity contribution < 1.29 is 51.5 Å². The number of alkyl halides is 1. The molecule has 3 aliphatic heterocycles. The van der Waals surface area contributed by atoms with Crippen LogP contribution in [0.25, 0.3) is 22.2 Å². The number of aliphatic hydroxyl groups excluding tert-OH is 1. The number of hydrogen-bond donors (Lipinski definition) is 5. The first-order chi connectivity index (χ1) is 21.8. The van der Waals surface area contributed by atoms with E-state index >= 15 is 4.39 Å². The summed E-state index contributed by atoms with van der Waals surface area (Å²) in [6.45, 7) is -9.24. The summed E-state index contributed by atoms with van der Waals surface area (Å²) in [6, 6.07) is 0. The molecule has 3 fully saturated rings. The number of imidazole rings is 1. The van der Waals surface area contributed by atoms with Crippen molar-refractivity contribution in [1.82, 2.24) is 34.1 Å². The van der Waals surface area contributed by atoms with Crippen LogP contribution in [-0.4, -0.2) is 105 Å². The standard InChI is InChI=1S/C22H24F2N8O10P2S2/c23-8-1-31(18-11(8)20(34)29-5-27-18)22-16-14(33)9(39-22)3-38-44(36,46)42-15-10(2-37-7-43(35,45)41-16)40-21(12(15)24)32-6-30-13-17(25)26-4-28-19(13)32/h1,4-6,9-10,12,14-16,21-22,33H,2-3,7H2,(H,35,45)(H,36,46)(H2,25,26,28)(H,27,29,34)/t9-,10-,12-,14-,15-,16-,21-,22-,43?,44?/m1/s1. The van der Waals surface area contributed by atoms with Gasteiger partial charge >= 0.3 is 6.72 Å². The Hall–Kier alpha value is -2.43. The van der Waals surface area contributed by atoms with Crippen molar-refractivity contribution in [3.63, 3.8) is 0 Å². The molecule has 3 saturated heterocycles. The van der Waals surface area contributed by atoms with Gasteiger partial charge in [0.2, 0.25) is 6.49 Å². The number of aliphatic hydroxyl groups is 1. The summed E-state index contributed by atoms with van der Waals surface area (Å²) in [5.41, 5.74) is 5.29. The Kier molecular flexibility index (Phi) is 8.32. The Morgan fingerprint density at radius 1 is 1.02 bits per heavy atom. The molecule has 0 spiro atoms. The number of ether oxygens (including phenoxy) is 3. The van der Waals surface area contributed by atoms with Gasteiger partial charge < -0.3 is 53.4 Å². The maximum atomic E-state index is 16.1. The molecule has 24 heteroatoms. The molecular weight excluding hydrogens is 700 g/mol. The molecule has 2 bridgehead atoms. The Balaban J connectivity index is 1.18. The van der Waals surface area contributed by atoms with Crippen LogP contribution in [0, 0.1) is 5.82 Å². The molecule has 0 saturated carbocycles. The highest BCUT2D eigenvalue weighted by Crippen LogP contribution is 2.53. The van der Waals surface area contributed by atoms with E-state index < -0.39 is 93.3 Å². The van der Waals surface area contributed by atoms with E-state index in [1.807, 2.05) is 0 Å². The van der Waals surface area contributed by atoms with Crippen LogP contribution >= 0.6 is 13.2 Å². The normalized spacial score (nSPS) is 37.4. The topological polar surface area (TPSA) is 236 Å². The molecule has 0 aromatic carbocycles. The van der Waals surface area contributed by atoms with Gasteiger partial charge in [-0.2, -0.15) is 0 Å². The fraction of sp³-hybridized carbons (Fsp3) is 0.500. The van der Waals surface area contributed by atoms with E-state index in [2.05, 4.69) is 24.9 Å². The summed E-state index contributed by atoms with van der Waals surface area (Å²) in [5.74, 6) is -0.882. The summed E-state index contributed by atoms with van der Waals surface area (Å²) in [6.07, 6.45) is -8.22. The van der Waals surface area contributed by atoms with Gasteiger partial charge in [-0.15, -0.1) is 0 Å². The number of hydrogen-bond acceptors (Lipinski definition) is 15. The maximum absolute atomic E-state index is 16.1. The van der Waals surface area contributed by atoms with Crippen LogP contribution in [0.15, 0.2) is 30.0 Å². The lowest BCUT2D eigenvalue weighted by atomic mass is 10.1. The molecule has 18 nitrogen and oxygen atoms in total. The lowest BCUT2D eigenvalue weighted by molar-refractivity contribution is -0.0591. The second-order valence-corrected chi connectivity index (χ2v) is 16.8. The minimum absolute atomic E-state index is 0.0595. The van der Waals surface area contributed by atoms with Crippen molar-refractivity contribution in [3.05, 3.63) is 41.3 Å². The minimum atomic E-state index is -4.28. The molecule has 6 N–H and O–H groups in total. The van der Waals surface area contributed by atoms with Gasteiger partial charge in [-0.3, -0.25) is 13.9 Å². The average molecular weight is 725 g/mol. The van der Waals surface area contributed by atoms with E-state index in [9.17, 15) is 24.1 Å². The Morgan fingerprint density at radius 3 is 2.61 bits per heavy atom. The van der Waals surface area contributed by atoms with Gasteiger partial charge in [-0.05, 0) is 23.6 Å². The fourth-order valence-electron chi connectivity index (χ4n) is 5.53. The fourth-order valence-corrected chi connectivity index (χ4v) is 8.49. The van der Waals surface area contributed by atoms with Crippen molar-refractivity contribution >= 4 is 64.8 Å². The number of aromatic amines is 1. The quantitative estimate of drug-likeness (QED) is 0.172. The van der Waals surface area contributed by atoms with Crippen molar-refractivity contribution in [2.45, 2.75) is 49.1 Å². The molecule has 3 aliphatic rings. The van der Waals surface area contributed by atoms with Gasteiger partial charge in [-0.25, -0.2) is 28.7 Å². The van der Waals surface area contributed by atoms with Gasteiger partial charge in [0.1, 0.15) is 54.1 Å². The molecule has 2 unspecified atom stereocenters. The van der Waals surface area contributed by atoms with Crippen LogP contribution in [0.3, 0.4) is 0 Å². The number of rotatable bonds is 2. The van der Waals surface area contributed by atoms with E-state index in [1.54, 1.807) is 0 Å². The van der Waals surface area contributed by atoms with Gasteiger partial charge in [0.25, 0.3) is 5.56 Å². The van der Waals surface area contributed by atoms with Crippen LogP contribution in [0.5, 0.6) is 0 Å². The van der Waals surface area contributed by atoms with E-state index in [-0.39, 0.29) is 28.0 Å². The van der Waals surface area contributed by atoms with Gasteiger partial charge in [-0.1, -0.05) is 0 Å². The summed E-state index contributed by atoms with van der Waals surface area (Å²) < 4.78 is 67.5. The van der Waals surface area contributed by atoms with E-state index in [4.69, 9.17) is 57.1 Å². The summed E-state index contributed by atoms with van der Waals surface area (Å²) in [4.78, 5) is 52.6. The molecule has 0 aliphatic carbocycles. The zero-order valence-electron chi connectivity index (χ0n) is 23.0. The summed E-state index contributed by atoms with van der Waals surface area (Å²) in [7, 11) is 0. The molecule has 0 radical (unpaired) electrons. The van der Waals surface area contributed by atoms with Crippen molar-refractivity contribution in [2.75, 3.05) is 25.3 Å². The highest BCUT2D eigenvalue weighted by molar-refractivity contribution is 8.09. The second-order valence-electron chi connectivity index (χ2n) is 10.5. The zero-order valence-corrected chi connectivity index (χ0v) is 26.4. The number of fused-ring (bicyclic) bond motifs is 5. The minimum Gasteiger partial charge on any atom is -0.387 e. The Bertz CT molecular complexity index is 1970. The van der Waals surface area contributed by atoms with Crippen molar-refractivity contribution in [2.24, 2.45) is 0 Å². The average Bonchev–Trinajstić information content (AvgIpc) is 3.73. The largest absolute Gasteiger partial charge is 0.387 e. The highest BCUT2D eigenvalue weighted by Gasteiger charge is 2.52. The second kappa shape index (κ2) is 11.9. The smallest absolute Gasteiger partial charge is 0.325 e. The predicted molar refractivity (Wildman–Crippen MR) is 158 cm³/mol. The number of aromatic nitrogens is 7. The van der Waals surface area contributed by atoms with Crippen LogP contribution < -0.4 is 11.3 Å². The third kappa shape index (κ3) is 5.70. The van der Waals surface area contributed by atoms with Crippen LogP contribution in [0.2, 0.25) is 0 Å². The lowest BCUT2D eigenvalue weighted by Gasteiger charge is -2.28. The summed E-state index contributed by atoms with van der Waals surface area (Å²) >= 11 is 10.5. The molecule has 0 amide bonds. The molecule has 7 heterocycles. The molecule has 4 aromatic rings. The molecule has 10 atom stereocenters. The number of nitrogen functional groups attached to an aromatic ring is 1. The molecule has 4 aromatic heterocycles. The van der Waals surface area contributed by atoms with Crippen LogP contribution in [0.4, 0.5) is 14.6 Å². The molecular formula is C22H24F2N8O10P2S2. The Morgan fingerprint density at radius 2 is 1.80 bits per heavy atom. The first kappa shape index (κ1) is 32.1.